The predicted octanol–water partition coefficient (Wildman–Crippen LogP) is 4.71. The van der Waals surface area contributed by atoms with Crippen LogP contribution in [0.15, 0.2) is 54.6 Å². The molecule has 0 saturated carbocycles. The van der Waals surface area contributed by atoms with Crippen LogP contribution in [-0.4, -0.2) is 67.2 Å². The van der Waals surface area contributed by atoms with Gasteiger partial charge in [-0.15, -0.1) is 0 Å². The summed E-state index contributed by atoms with van der Waals surface area (Å²) in [6, 6.07) is 13.2. The Morgan fingerprint density at radius 2 is 1.51 bits per heavy atom. The first-order chi connectivity index (χ1) is 17.5. The number of methoxy groups -OCH3 is 1. The fourth-order valence-corrected chi connectivity index (χ4v) is 3.83. The Balaban J connectivity index is 0.00000235. The zero-order chi connectivity index (χ0) is 27.9. The Hall–Kier alpha value is -3.92. The number of carboxylic acid groups (broad SMARTS) is 1. The normalized spacial score (nSPS) is 10.0. The molecule has 0 bridgehead atoms. The summed E-state index contributed by atoms with van der Waals surface area (Å²) in [5.41, 5.74) is 1.04. The highest BCUT2D eigenvalue weighted by atomic mass is 35.5. The lowest BCUT2D eigenvalue weighted by atomic mass is 10.00. The quantitative estimate of drug-likeness (QED) is 0.381. The van der Waals surface area contributed by atoms with Crippen molar-refractivity contribution in [3.8, 4) is 11.1 Å². The first-order valence-corrected chi connectivity index (χ1v) is 11.3. The number of halogens is 2. The molecule has 194 valence electrons. The molecule has 9 nitrogen and oxygen atoms in total. The lowest BCUT2D eigenvalue weighted by Gasteiger charge is -2.16. The Labute approximate surface area is 223 Å². The molecule has 0 aliphatic heterocycles. The van der Waals surface area contributed by atoms with Crippen LogP contribution in [0, 0.1) is 0 Å². The van der Waals surface area contributed by atoms with Gasteiger partial charge in [-0.1, -0.05) is 35.3 Å². The van der Waals surface area contributed by atoms with Crippen LogP contribution in [0.25, 0.3) is 11.1 Å². The van der Waals surface area contributed by atoms with Crippen LogP contribution in [0.1, 0.15) is 41.4 Å². The van der Waals surface area contributed by atoms with E-state index in [0.29, 0.717) is 21.2 Å². The predicted molar refractivity (Wildman–Crippen MR) is 141 cm³/mol. The van der Waals surface area contributed by atoms with E-state index in [-0.39, 0.29) is 27.9 Å². The van der Waals surface area contributed by atoms with E-state index in [2.05, 4.69) is 5.32 Å². The van der Waals surface area contributed by atoms with Gasteiger partial charge in [-0.3, -0.25) is 9.59 Å². The van der Waals surface area contributed by atoms with Gasteiger partial charge in [-0.25, -0.2) is 9.59 Å². The standard InChI is InChI=1S/C25H20Cl2N2O6.CH4O/c1-29(2)23(31)19-10-14(24(32)33)5-7-17(19)22(30)28-21-11-13(4-8-18(21)25(34)35-3)16-9-6-15(26)12-20(16)27;1-2/h4-12H,1-3H3,(H,28,30)(H,32,33);2H,1H3. The van der Waals surface area contributed by atoms with E-state index in [1.54, 1.807) is 30.3 Å². The second-order valence-electron chi connectivity index (χ2n) is 7.60. The second kappa shape index (κ2) is 12.9. The van der Waals surface area contributed by atoms with Crippen molar-refractivity contribution in [2.45, 2.75) is 0 Å². The van der Waals surface area contributed by atoms with Crippen LogP contribution in [0.4, 0.5) is 5.69 Å². The van der Waals surface area contributed by atoms with Gasteiger partial charge < -0.3 is 25.2 Å². The molecule has 3 rings (SSSR count). The molecular formula is C26H24Cl2N2O7. The third-order valence-electron chi connectivity index (χ3n) is 5.06. The highest BCUT2D eigenvalue weighted by Gasteiger charge is 2.23. The van der Waals surface area contributed by atoms with Gasteiger partial charge in [0.05, 0.1) is 35.1 Å². The summed E-state index contributed by atoms with van der Waals surface area (Å²) in [4.78, 5) is 50.9. The molecule has 0 heterocycles. The molecule has 11 heteroatoms. The van der Waals surface area contributed by atoms with E-state index < -0.39 is 23.8 Å². The van der Waals surface area contributed by atoms with Gasteiger partial charge in [0.25, 0.3) is 11.8 Å². The first kappa shape index (κ1) is 29.3. The van der Waals surface area contributed by atoms with Gasteiger partial charge in [0, 0.05) is 36.8 Å². The number of amides is 2. The van der Waals surface area contributed by atoms with Crippen LogP contribution < -0.4 is 5.32 Å². The van der Waals surface area contributed by atoms with Gasteiger partial charge in [0.2, 0.25) is 0 Å². The summed E-state index contributed by atoms with van der Waals surface area (Å²) in [5, 5.41) is 19.8. The van der Waals surface area contributed by atoms with Gasteiger partial charge in [0.15, 0.2) is 0 Å². The largest absolute Gasteiger partial charge is 0.478 e. The SMILES string of the molecule is CO.COC(=O)c1ccc(-c2ccc(Cl)cc2Cl)cc1NC(=O)c1ccc(C(=O)O)cc1C(=O)N(C)C. The first-order valence-electron chi connectivity index (χ1n) is 10.6. The topological polar surface area (TPSA) is 133 Å². The Kier molecular flexibility index (Phi) is 10.2. The maximum Gasteiger partial charge on any atom is 0.339 e. The number of aromatic carboxylic acids is 1. The molecule has 2 amide bonds. The van der Waals surface area contributed by atoms with Gasteiger partial charge in [-0.05, 0) is 48.0 Å². The summed E-state index contributed by atoms with van der Waals surface area (Å²) in [7, 11) is 5.16. The fourth-order valence-electron chi connectivity index (χ4n) is 3.31. The number of carbonyl (C=O) groups is 4. The number of aliphatic hydroxyl groups is 1. The molecule has 0 aliphatic carbocycles. The molecule has 0 saturated heterocycles. The van der Waals surface area contributed by atoms with Gasteiger partial charge >= 0.3 is 11.9 Å². The average Bonchev–Trinajstić information content (AvgIpc) is 2.88. The minimum absolute atomic E-state index is 0.0670. The van der Waals surface area contributed by atoms with Crippen molar-refractivity contribution in [1.29, 1.82) is 0 Å². The number of rotatable bonds is 6. The maximum absolute atomic E-state index is 13.2. The molecule has 37 heavy (non-hydrogen) atoms. The van der Waals surface area contributed by atoms with Crippen molar-refractivity contribution < 1.29 is 34.1 Å². The van der Waals surface area contributed by atoms with Crippen molar-refractivity contribution in [2.75, 3.05) is 33.6 Å². The number of carboxylic acids is 1. The molecule has 0 unspecified atom stereocenters. The molecular weight excluding hydrogens is 523 g/mol. The summed E-state index contributed by atoms with van der Waals surface area (Å²) >= 11 is 12.3. The van der Waals surface area contributed by atoms with Crippen molar-refractivity contribution in [3.63, 3.8) is 0 Å². The van der Waals surface area contributed by atoms with Crippen molar-refractivity contribution >= 4 is 52.6 Å². The third-order valence-corrected chi connectivity index (χ3v) is 5.61. The number of benzene rings is 3. The monoisotopic (exact) mass is 546 g/mol. The number of aliphatic hydroxyl groups excluding tert-OH is 1. The van der Waals surface area contributed by atoms with E-state index >= 15 is 0 Å². The third kappa shape index (κ3) is 6.85. The number of ether oxygens (including phenoxy) is 1. The number of anilines is 1. The lowest BCUT2D eigenvalue weighted by Crippen LogP contribution is -2.26. The number of nitrogens with zero attached hydrogens (tertiary/aromatic N) is 1. The number of nitrogens with one attached hydrogen (secondary N) is 1. The molecule has 0 radical (unpaired) electrons. The zero-order valence-electron chi connectivity index (χ0n) is 20.3. The molecule has 3 aromatic rings. The molecule has 0 spiro atoms. The zero-order valence-corrected chi connectivity index (χ0v) is 21.8. The Morgan fingerprint density at radius 1 is 0.865 bits per heavy atom. The number of carbonyl (C=O) groups excluding carboxylic acids is 3. The van der Waals surface area contributed by atoms with Crippen LogP contribution in [0.5, 0.6) is 0 Å². The van der Waals surface area contributed by atoms with Gasteiger partial charge in [0.1, 0.15) is 0 Å². The van der Waals surface area contributed by atoms with Crippen LogP contribution >= 0.6 is 23.2 Å². The van der Waals surface area contributed by atoms with Crippen molar-refractivity contribution in [2.24, 2.45) is 0 Å². The average molecular weight is 547 g/mol. The maximum atomic E-state index is 13.2. The number of hydrogen-bond donors (Lipinski definition) is 3. The van der Waals surface area contributed by atoms with Crippen molar-refractivity contribution in [1.82, 2.24) is 4.90 Å². The Morgan fingerprint density at radius 3 is 2.08 bits per heavy atom. The summed E-state index contributed by atoms with van der Waals surface area (Å²) in [5.74, 6) is -3.23. The molecule has 3 N–H and O–H groups in total. The summed E-state index contributed by atoms with van der Waals surface area (Å²) in [6.45, 7) is 0. The summed E-state index contributed by atoms with van der Waals surface area (Å²) in [6.07, 6.45) is 0. The minimum atomic E-state index is -1.25. The van der Waals surface area contributed by atoms with E-state index in [1.165, 1.54) is 44.3 Å². The number of hydrogen-bond acceptors (Lipinski definition) is 6. The minimum Gasteiger partial charge on any atom is -0.478 e. The van der Waals surface area contributed by atoms with Crippen molar-refractivity contribution in [3.05, 3.63) is 86.9 Å². The van der Waals surface area contributed by atoms with Crippen LogP contribution in [-0.2, 0) is 4.74 Å². The van der Waals surface area contributed by atoms with E-state index in [1.807, 2.05) is 0 Å². The molecule has 0 atom stereocenters. The lowest BCUT2D eigenvalue weighted by molar-refractivity contribution is 0.0600. The highest BCUT2D eigenvalue weighted by molar-refractivity contribution is 6.36. The molecule has 0 aromatic heterocycles. The second-order valence-corrected chi connectivity index (χ2v) is 8.44. The van der Waals surface area contributed by atoms with Crippen LogP contribution in [0.2, 0.25) is 10.0 Å². The fraction of sp³-hybridized carbons (Fsp3) is 0.154. The molecule has 0 fully saturated rings. The van der Waals surface area contributed by atoms with Crippen LogP contribution in [0.3, 0.4) is 0 Å². The van der Waals surface area contributed by atoms with Gasteiger partial charge in [-0.2, -0.15) is 0 Å². The smallest absolute Gasteiger partial charge is 0.339 e. The molecule has 3 aromatic carbocycles. The Bertz CT molecular complexity index is 1360. The molecule has 0 aliphatic rings. The van der Waals surface area contributed by atoms with E-state index in [0.717, 1.165) is 13.2 Å². The summed E-state index contributed by atoms with van der Waals surface area (Å²) < 4.78 is 4.82. The highest BCUT2D eigenvalue weighted by Crippen LogP contribution is 2.33. The van der Waals surface area contributed by atoms with E-state index in [9.17, 15) is 24.3 Å². The number of esters is 1. The van der Waals surface area contributed by atoms with E-state index in [4.69, 9.17) is 33.0 Å².